The number of hydrogen-bond donors (Lipinski definition) is 1. The van der Waals surface area contributed by atoms with E-state index in [1.807, 2.05) is 18.2 Å². The van der Waals surface area contributed by atoms with Gasteiger partial charge in [-0.25, -0.2) is 0 Å². The summed E-state index contributed by atoms with van der Waals surface area (Å²) in [5.41, 5.74) is 2.42. The quantitative estimate of drug-likeness (QED) is 0.402. The van der Waals surface area contributed by atoms with Crippen LogP contribution in [0.5, 0.6) is 5.75 Å². The number of nitrogens with one attached hydrogen (secondary N) is 1. The van der Waals surface area contributed by atoms with Crippen LogP contribution in [0.25, 0.3) is 11.1 Å². The van der Waals surface area contributed by atoms with Crippen LogP contribution < -0.4 is 10.1 Å². The van der Waals surface area contributed by atoms with Gasteiger partial charge in [-0.3, -0.25) is 4.98 Å². The number of benzene rings is 2. The van der Waals surface area contributed by atoms with Gasteiger partial charge < -0.3 is 21.8 Å². The number of ether oxygens (including phenoxy) is 1. The fourth-order valence-corrected chi connectivity index (χ4v) is 2.71. The second kappa shape index (κ2) is 10.6. The van der Waals surface area contributed by atoms with Gasteiger partial charge in [-0.2, -0.15) is 0 Å². The van der Waals surface area contributed by atoms with Gasteiger partial charge in [0, 0.05) is 11.9 Å². The number of amides is 1. The van der Waals surface area contributed by atoms with Crippen molar-refractivity contribution in [2.75, 3.05) is 0 Å². The van der Waals surface area contributed by atoms with Crippen LogP contribution in [-0.2, 0) is 6.42 Å². The van der Waals surface area contributed by atoms with Crippen molar-refractivity contribution in [1.82, 2.24) is 10.3 Å². The molecule has 0 saturated carbocycles. The number of carbonyl (C=O) groups excluding carboxylic acids is 1. The first-order valence-electron chi connectivity index (χ1n) is 8.72. The summed E-state index contributed by atoms with van der Waals surface area (Å²) >= 11 is 0. The molecule has 1 aromatic heterocycles. The van der Waals surface area contributed by atoms with Crippen molar-refractivity contribution in [2.24, 2.45) is 0 Å². The van der Waals surface area contributed by atoms with E-state index in [-0.39, 0.29) is 48.8 Å². The van der Waals surface area contributed by atoms with Crippen molar-refractivity contribution >= 4 is 5.91 Å². The minimum absolute atomic E-state index is 0. The zero-order chi connectivity index (χ0) is 20.9. The maximum absolute atomic E-state index is 12.5. The zero-order valence-corrected chi connectivity index (χ0v) is 19.9. The minimum Gasteiger partial charge on any atom is -0.417 e. The van der Waals surface area contributed by atoms with Gasteiger partial charge in [0.05, 0.1) is 0 Å². The molecule has 0 fully saturated rings. The maximum Gasteiger partial charge on any atom is 2.00 e. The molecule has 152 valence electrons. The Morgan fingerprint density at radius 2 is 1.87 bits per heavy atom. The molecule has 0 bridgehead atoms. The molecule has 0 spiro atoms. The molecule has 0 radical (unpaired) electrons. The minimum atomic E-state index is -4.74. The van der Waals surface area contributed by atoms with E-state index in [0.29, 0.717) is 23.1 Å². The fourth-order valence-electron chi connectivity index (χ4n) is 2.71. The molecule has 30 heavy (non-hydrogen) atoms. The standard InChI is InChI=1S/C22H17F3N2O2.U/c1-15(13-19-7-2-3-12-26-19)27-21(28)18-6-4-5-17(14-18)16-8-10-20(11-9-16)29-22(23,24)25;/h2-5,7-12,14-15H,1,13H2,(H,27,28);/q-2;+2. The molecule has 3 rings (SSSR count). The van der Waals surface area contributed by atoms with Crippen molar-refractivity contribution in [3.05, 3.63) is 91.1 Å². The van der Waals surface area contributed by atoms with E-state index in [4.69, 9.17) is 0 Å². The van der Waals surface area contributed by atoms with Crippen LogP contribution in [0.1, 0.15) is 16.1 Å². The Morgan fingerprint density at radius 1 is 1.13 bits per heavy atom. The maximum atomic E-state index is 12.5. The van der Waals surface area contributed by atoms with Gasteiger partial charge in [-0.1, -0.05) is 23.8 Å². The van der Waals surface area contributed by atoms with E-state index in [0.717, 1.165) is 5.69 Å². The summed E-state index contributed by atoms with van der Waals surface area (Å²) in [7, 11) is 0. The molecule has 2 aromatic carbocycles. The number of aromatic nitrogens is 1. The topological polar surface area (TPSA) is 51.2 Å². The van der Waals surface area contributed by atoms with Crippen molar-refractivity contribution in [3.63, 3.8) is 0 Å². The summed E-state index contributed by atoms with van der Waals surface area (Å²) < 4.78 is 40.7. The largest absolute Gasteiger partial charge is 2.00 e. The summed E-state index contributed by atoms with van der Waals surface area (Å²) in [4.78, 5) is 16.7. The average molecular weight is 636 g/mol. The molecule has 1 atom stereocenters. The predicted molar refractivity (Wildman–Crippen MR) is 102 cm³/mol. The van der Waals surface area contributed by atoms with Crippen LogP contribution in [0, 0.1) is 44.1 Å². The number of carbonyl (C=O) groups is 1. The van der Waals surface area contributed by atoms with Gasteiger partial charge in [0.1, 0.15) is 5.75 Å². The fraction of sp³-hybridized carbons (Fsp3) is 0.136. The van der Waals surface area contributed by atoms with E-state index in [9.17, 15) is 18.0 Å². The van der Waals surface area contributed by atoms with E-state index in [1.54, 1.807) is 24.4 Å². The Hall–Kier alpha value is -2.30. The SMILES string of the molecule is [CH2-]C(Cc1ccccn1)NC(=O)c1[c-]ccc(-c2ccc(OC(F)(F)F)cc2)c1.[U+2]. The van der Waals surface area contributed by atoms with Crippen LogP contribution in [0.4, 0.5) is 13.2 Å². The van der Waals surface area contributed by atoms with E-state index >= 15 is 0 Å². The van der Waals surface area contributed by atoms with Gasteiger partial charge in [0.25, 0.3) is 0 Å². The van der Waals surface area contributed by atoms with Gasteiger partial charge in [-0.15, -0.1) is 49.0 Å². The molecule has 1 heterocycles. The molecular formula is C22H17F3N2O2U. The first-order chi connectivity index (χ1) is 13.8. The molecule has 8 heteroatoms. The van der Waals surface area contributed by atoms with Crippen molar-refractivity contribution in [3.8, 4) is 16.9 Å². The summed E-state index contributed by atoms with van der Waals surface area (Å²) in [5.74, 6) is -0.657. The van der Waals surface area contributed by atoms with Crippen molar-refractivity contribution < 1.29 is 53.8 Å². The van der Waals surface area contributed by atoms with Gasteiger partial charge >= 0.3 is 37.5 Å². The third kappa shape index (κ3) is 7.19. The molecular weight excluding hydrogens is 619 g/mol. The first kappa shape index (κ1) is 24.0. The molecule has 0 aliphatic rings. The molecule has 0 aliphatic carbocycles. The Labute approximate surface area is 196 Å². The number of hydrogen-bond acceptors (Lipinski definition) is 3. The van der Waals surface area contributed by atoms with Gasteiger partial charge in [0.2, 0.25) is 0 Å². The van der Waals surface area contributed by atoms with Crippen LogP contribution in [0.15, 0.2) is 66.9 Å². The van der Waals surface area contributed by atoms with E-state index < -0.39 is 6.36 Å². The van der Waals surface area contributed by atoms with E-state index in [2.05, 4.69) is 28.0 Å². The number of alkyl halides is 3. The molecule has 0 saturated heterocycles. The number of rotatable bonds is 6. The second-order valence-electron chi connectivity index (χ2n) is 6.26. The molecule has 1 amide bonds. The summed E-state index contributed by atoms with van der Waals surface area (Å²) in [6.07, 6.45) is -2.59. The summed E-state index contributed by atoms with van der Waals surface area (Å²) in [5, 5.41) is 2.79. The normalized spacial score (nSPS) is 11.9. The monoisotopic (exact) mass is 636 g/mol. The number of nitrogens with zero attached hydrogens (tertiary/aromatic N) is 1. The Balaban J connectivity index is 0.00000320. The summed E-state index contributed by atoms with van der Waals surface area (Å²) in [6, 6.07) is 18.3. The molecule has 4 nitrogen and oxygen atoms in total. The van der Waals surface area contributed by atoms with Crippen molar-refractivity contribution in [1.29, 1.82) is 0 Å². The van der Waals surface area contributed by atoms with Gasteiger partial charge in [-0.05, 0) is 36.2 Å². The smallest absolute Gasteiger partial charge is 0.417 e. The van der Waals surface area contributed by atoms with Crippen molar-refractivity contribution in [2.45, 2.75) is 18.8 Å². The number of halogens is 3. The predicted octanol–water partition coefficient (Wildman–Crippen LogP) is 4.62. The molecule has 1 unspecified atom stereocenters. The zero-order valence-electron chi connectivity index (χ0n) is 15.7. The third-order valence-electron chi connectivity index (χ3n) is 3.98. The molecule has 3 aromatic rings. The Morgan fingerprint density at radius 3 is 2.50 bits per heavy atom. The van der Waals surface area contributed by atoms with Crippen LogP contribution in [-0.4, -0.2) is 23.3 Å². The first-order valence-corrected chi connectivity index (χ1v) is 8.72. The average Bonchev–Trinajstić information content (AvgIpc) is 2.68. The molecule has 0 aliphatic heterocycles. The van der Waals surface area contributed by atoms with E-state index in [1.165, 1.54) is 24.3 Å². The summed E-state index contributed by atoms with van der Waals surface area (Å²) in [6.45, 7) is 3.93. The van der Waals surface area contributed by atoms with Crippen LogP contribution in [0.2, 0.25) is 0 Å². The van der Waals surface area contributed by atoms with Crippen LogP contribution >= 0.6 is 0 Å². The molecule has 1 N–H and O–H groups in total. The second-order valence-corrected chi connectivity index (χ2v) is 6.26. The van der Waals surface area contributed by atoms with Crippen LogP contribution in [0.3, 0.4) is 0 Å². The van der Waals surface area contributed by atoms with Gasteiger partial charge in [0.15, 0.2) is 5.91 Å². The third-order valence-corrected chi connectivity index (χ3v) is 3.98. The Bertz CT molecular complexity index is 964. The number of pyridine rings is 1. The Kier molecular flexibility index (Phi) is 8.51.